The first kappa shape index (κ1) is 20.0. The van der Waals surface area contributed by atoms with E-state index in [0.29, 0.717) is 26.2 Å². The highest BCUT2D eigenvalue weighted by Crippen LogP contribution is 2.30. The highest BCUT2D eigenvalue weighted by Gasteiger charge is 2.13. The van der Waals surface area contributed by atoms with Gasteiger partial charge < -0.3 is 4.57 Å². The zero-order valence-corrected chi connectivity index (χ0v) is 18.8. The molecule has 5 rings (SSSR count). The molecule has 0 saturated carbocycles. The topological polar surface area (TPSA) is 50.9 Å². The van der Waals surface area contributed by atoms with Gasteiger partial charge in [0, 0.05) is 38.9 Å². The molecular formula is C23H17Cl2N5S. The summed E-state index contributed by atoms with van der Waals surface area (Å²) < 4.78 is 4.25. The average molecular weight is 466 g/mol. The minimum Gasteiger partial charge on any atom is -0.341 e. The van der Waals surface area contributed by atoms with E-state index in [1.807, 2.05) is 0 Å². The van der Waals surface area contributed by atoms with Crippen molar-refractivity contribution in [2.75, 3.05) is 0 Å². The lowest BCUT2D eigenvalue weighted by Gasteiger charge is -2.04. The van der Waals surface area contributed by atoms with E-state index in [-0.39, 0.29) is 0 Å². The first-order chi connectivity index (χ1) is 15.1. The van der Waals surface area contributed by atoms with Gasteiger partial charge >= 0.3 is 0 Å². The maximum Gasteiger partial charge on any atom is 0.216 e. The fraction of sp³-hybridized carbons (Fsp3) is 0.0870. The van der Waals surface area contributed by atoms with Crippen LogP contribution in [-0.2, 0) is 6.54 Å². The molecule has 0 aliphatic carbocycles. The number of hydrogen-bond acceptors (Lipinski definition) is 3. The summed E-state index contributed by atoms with van der Waals surface area (Å²) in [6.07, 6.45) is 1.77. The molecule has 0 spiro atoms. The van der Waals surface area contributed by atoms with Crippen LogP contribution in [0.25, 0.3) is 33.2 Å². The monoisotopic (exact) mass is 465 g/mol. The molecule has 0 radical (unpaired) electrons. The Morgan fingerprint density at radius 2 is 1.84 bits per heavy atom. The van der Waals surface area contributed by atoms with Crippen molar-refractivity contribution in [1.29, 1.82) is 0 Å². The molecule has 0 unspecified atom stereocenters. The van der Waals surface area contributed by atoms with Gasteiger partial charge in [-0.15, -0.1) is 0 Å². The van der Waals surface area contributed by atoms with E-state index in [1.165, 1.54) is 21.8 Å². The number of aryl methyl sites for hydroxylation is 1. The summed E-state index contributed by atoms with van der Waals surface area (Å²) in [4.78, 5) is 0. The molecule has 154 valence electrons. The van der Waals surface area contributed by atoms with Crippen molar-refractivity contribution >= 4 is 63.4 Å². The number of halogens is 2. The van der Waals surface area contributed by atoms with Crippen LogP contribution in [0.2, 0.25) is 10.0 Å². The van der Waals surface area contributed by atoms with Crippen molar-refractivity contribution < 1.29 is 0 Å². The van der Waals surface area contributed by atoms with Crippen molar-refractivity contribution in [3.05, 3.63) is 81.0 Å². The summed E-state index contributed by atoms with van der Waals surface area (Å²) in [6, 6.07) is 20.0. The normalized spacial score (nSPS) is 11.8. The lowest BCUT2D eigenvalue weighted by molar-refractivity contribution is 0.827. The van der Waals surface area contributed by atoms with Gasteiger partial charge in [0.1, 0.15) is 0 Å². The van der Waals surface area contributed by atoms with Crippen LogP contribution in [0.4, 0.5) is 0 Å². The van der Waals surface area contributed by atoms with E-state index in [2.05, 4.69) is 69.3 Å². The van der Waals surface area contributed by atoms with Gasteiger partial charge in [-0.3, -0.25) is 0 Å². The van der Waals surface area contributed by atoms with E-state index < -0.39 is 0 Å². The van der Waals surface area contributed by atoms with E-state index in [9.17, 15) is 0 Å². The van der Waals surface area contributed by atoms with Gasteiger partial charge in [0.05, 0.1) is 11.2 Å². The van der Waals surface area contributed by atoms with Gasteiger partial charge in [-0.1, -0.05) is 47.5 Å². The van der Waals surface area contributed by atoms with Crippen molar-refractivity contribution in [1.82, 2.24) is 19.4 Å². The average Bonchev–Trinajstić information content (AvgIpc) is 3.29. The Morgan fingerprint density at radius 3 is 2.65 bits per heavy atom. The van der Waals surface area contributed by atoms with E-state index >= 15 is 0 Å². The number of nitrogens with zero attached hydrogens (tertiary/aromatic N) is 4. The molecule has 2 heterocycles. The molecule has 0 bridgehead atoms. The first-order valence-corrected chi connectivity index (χ1v) is 10.9. The molecule has 0 amide bonds. The lowest BCUT2D eigenvalue weighted by atomic mass is 10.1. The van der Waals surface area contributed by atoms with Crippen LogP contribution in [0.15, 0.2) is 65.8 Å². The second kappa shape index (κ2) is 7.96. The molecule has 0 aliphatic rings. The Kier molecular flexibility index (Phi) is 5.14. The zero-order chi connectivity index (χ0) is 21.5. The molecule has 0 saturated heterocycles. The molecule has 0 atom stereocenters. The van der Waals surface area contributed by atoms with Crippen molar-refractivity contribution in [2.24, 2.45) is 5.10 Å². The summed E-state index contributed by atoms with van der Waals surface area (Å²) >= 11 is 17.8. The first-order valence-electron chi connectivity index (χ1n) is 9.75. The number of hydrogen-bond donors (Lipinski definition) is 1. The van der Waals surface area contributed by atoms with E-state index in [0.717, 1.165) is 12.1 Å². The van der Waals surface area contributed by atoms with Gasteiger partial charge in [-0.25, -0.2) is 5.10 Å². The van der Waals surface area contributed by atoms with E-state index in [4.69, 9.17) is 35.4 Å². The Labute approximate surface area is 193 Å². The highest BCUT2D eigenvalue weighted by molar-refractivity contribution is 7.71. The number of fused-ring (bicyclic) bond motifs is 3. The molecule has 31 heavy (non-hydrogen) atoms. The number of rotatable bonds is 4. The summed E-state index contributed by atoms with van der Waals surface area (Å²) in [5.74, 6) is 0.520. The minimum absolute atomic E-state index is 0.376. The highest BCUT2D eigenvalue weighted by atomic mass is 35.5. The van der Waals surface area contributed by atoms with Crippen LogP contribution >= 0.6 is 35.4 Å². The predicted octanol–water partition coefficient (Wildman–Crippen LogP) is 6.92. The summed E-state index contributed by atoms with van der Waals surface area (Å²) in [5, 5.41) is 15.1. The second-order valence-electron chi connectivity index (χ2n) is 7.07. The number of para-hydroxylation sites is 1. The minimum atomic E-state index is 0.376. The van der Waals surface area contributed by atoms with Crippen LogP contribution < -0.4 is 0 Å². The molecular weight excluding hydrogens is 449 g/mol. The Hall–Kier alpha value is -2.93. The van der Waals surface area contributed by atoms with Crippen molar-refractivity contribution in [3.63, 3.8) is 0 Å². The molecule has 1 N–H and O–H groups in total. The van der Waals surface area contributed by atoms with Crippen LogP contribution in [0, 0.1) is 4.77 Å². The van der Waals surface area contributed by atoms with Gasteiger partial charge in [-0.2, -0.15) is 14.9 Å². The number of H-pyrrole nitrogens is 1. The molecule has 2 aromatic heterocycles. The maximum absolute atomic E-state index is 6.36. The molecule has 5 aromatic rings. The quantitative estimate of drug-likeness (QED) is 0.231. The molecule has 3 aromatic carbocycles. The number of aromatic amines is 1. The smallest absolute Gasteiger partial charge is 0.216 e. The third-order valence-corrected chi connectivity index (χ3v) is 6.07. The summed E-state index contributed by atoms with van der Waals surface area (Å²) in [7, 11) is 0. The molecule has 0 aliphatic heterocycles. The van der Waals surface area contributed by atoms with Crippen molar-refractivity contribution in [2.45, 2.75) is 13.5 Å². The van der Waals surface area contributed by atoms with Gasteiger partial charge in [0.2, 0.25) is 4.77 Å². The molecule has 8 heteroatoms. The largest absolute Gasteiger partial charge is 0.341 e. The predicted molar refractivity (Wildman–Crippen MR) is 131 cm³/mol. The molecule has 0 fully saturated rings. The van der Waals surface area contributed by atoms with Crippen LogP contribution in [-0.4, -0.2) is 25.7 Å². The summed E-state index contributed by atoms with van der Waals surface area (Å²) in [6.45, 7) is 3.07. The zero-order valence-electron chi connectivity index (χ0n) is 16.5. The van der Waals surface area contributed by atoms with Crippen LogP contribution in [0.1, 0.15) is 12.5 Å². The van der Waals surface area contributed by atoms with Gasteiger partial charge in [-0.05, 0) is 61.1 Å². The van der Waals surface area contributed by atoms with Crippen molar-refractivity contribution in [3.8, 4) is 11.4 Å². The Bertz CT molecular complexity index is 1530. The maximum atomic E-state index is 6.36. The fourth-order valence-electron chi connectivity index (χ4n) is 3.86. The number of aromatic nitrogens is 4. The van der Waals surface area contributed by atoms with Crippen LogP contribution in [0.5, 0.6) is 0 Å². The van der Waals surface area contributed by atoms with Gasteiger partial charge in [0.25, 0.3) is 0 Å². The number of benzene rings is 3. The number of nitrogens with one attached hydrogen (secondary N) is 1. The SMILES string of the molecule is CCn1c2ccccc2c2cc(/C=N\n3c(-c4ccc(Cl)cc4Cl)n[nH]c3=S)ccc21. The van der Waals surface area contributed by atoms with E-state index in [1.54, 1.807) is 29.1 Å². The second-order valence-corrected chi connectivity index (χ2v) is 8.30. The van der Waals surface area contributed by atoms with Gasteiger partial charge in [0.15, 0.2) is 5.82 Å². The third-order valence-electron chi connectivity index (χ3n) is 5.26. The Morgan fingerprint density at radius 1 is 1.03 bits per heavy atom. The van der Waals surface area contributed by atoms with Crippen LogP contribution in [0.3, 0.4) is 0 Å². The Balaban J connectivity index is 1.60. The molecule has 5 nitrogen and oxygen atoms in total. The fourth-order valence-corrected chi connectivity index (χ4v) is 4.53. The standard InChI is InChI=1S/C23H17Cl2N5S/c1-2-29-20-6-4-3-5-16(20)18-11-14(7-10-21(18)29)13-26-30-22(27-28-23(30)31)17-9-8-15(24)12-19(17)25/h3-13H,2H2,1H3,(H,28,31)/b26-13-. The third kappa shape index (κ3) is 3.47. The summed E-state index contributed by atoms with van der Waals surface area (Å²) in [5.41, 5.74) is 4.08. The lowest BCUT2D eigenvalue weighted by Crippen LogP contribution is -1.96.